The van der Waals surface area contributed by atoms with Crippen LogP contribution in [-0.4, -0.2) is 196 Å². The molecule has 0 unspecified atom stereocenters. The summed E-state index contributed by atoms with van der Waals surface area (Å²) in [6.45, 7) is 19.4. The minimum atomic E-state index is -3.78. The van der Waals surface area contributed by atoms with Gasteiger partial charge in [0.1, 0.15) is 30.0 Å². The first-order valence-electron chi connectivity index (χ1n) is 29.4. The second-order valence-corrected chi connectivity index (χ2v) is 26.4. The van der Waals surface area contributed by atoms with Crippen molar-refractivity contribution < 1.29 is 76.5 Å². The molecule has 1 aromatic heterocycles. The minimum absolute atomic E-state index is 0.0549. The zero-order valence-corrected chi connectivity index (χ0v) is 52.2. The number of aromatic nitrogens is 1. The number of pyridine rings is 1. The van der Waals surface area contributed by atoms with Crippen LogP contribution in [0.25, 0.3) is 0 Å². The number of nitrogens with one attached hydrogen (secondary N) is 4. The predicted molar refractivity (Wildman–Crippen MR) is 321 cm³/mol. The fourth-order valence-corrected chi connectivity index (χ4v) is 10.6. The van der Waals surface area contributed by atoms with E-state index in [0.29, 0.717) is 45.3 Å². The largest absolute Gasteiger partial charge is 0.445 e. The molecule has 0 bridgehead atoms. The van der Waals surface area contributed by atoms with Gasteiger partial charge < -0.3 is 80.9 Å². The second-order valence-electron chi connectivity index (χ2n) is 24.5. The molecule has 0 radical (unpaired) electrons. The fraction of sp³-hybridized carbons (Fsp3) is 0.633. The summed E-state index contributed by atoms with van der Waals surface area (Å²) in [5.74, 6) is 0. The third-order valence-electron chi connectivity index (χ3n) is 13.4. The van der Waals surface area contributed by atoms with E-state index in [1.165, 1.54) is 26.4 Å². The third-order valence-corrected chi connectivity index (χ3v) is 15.2. The van der Waals surface area contributed by atoms with Gasteiger partial charge in [-0.3, -0.25) is 0 Å². The normalized spacial score (nSPS) is 23.2. The predicted octanol–water partition coefficient (Wildman–Crippen LogP) is 5.52. The van der Waals surface area contributed by atoms with Gasteiger partial charge in [0.25, 0.3) is 10.0 Å². The summed E-state index contributed by atoms with van der Waals surface area (Å²) in [5.41, 5.74) is 5.88. The molecule has 7 rings (SSSR count). The van der Waals surface area contributed by atoms with Crippen LogP contribution in [0.3, 0.4) is 0 Å². The van der Waals surface area contributed by atoms with Crippen molar-refractivity contribution >= 4 is 40.5 Å². The number of β-amino-alcohol motifs (C(OH)–C–C–N with tert-alkyl or cyclic N) is 4. The summed E-state index contributed by atoms with van der Waals surface area (Å²) in [6, 6.07) is 22.1. The van der Waals surface area contributed by atoms with Crippen molar-refractivity contribution in [2.75, 3.05) is 52.4 Å². The van der Waals surface area contributed by atoms with E-state index in [2.05, 4.69) is 26.3 Å². The Hall–Kier alpha value is -6.39. The van der Waals surface area contributed by atoms with Crippen LogP contribution in [0.1, 0.15) is 125 Å². The number of hydrogen-bond donors (Lipinski definition) is 9. The Morgan fingerprint density at radius 2 is 0.965 bits per heavy atom. The quantitative estimate of drug-likeness (QED) is 0.119. The number of benzene rings is 2. The highest BCUT2D eigenvalue weighted by Crippen LogP contribution is 2.21. The summed E-state index contributed by atoms with van der Waals surface area (Å²) in [4.78, 5) is 66.4. The highest BCUT2D eigenvalue weighted by atomic mass is 32.2. The molecule has 86 heavy (non-hydrogen) atoms. The van der Waals surface area contributed by atoms with Crippen LogP contribution in [0, 0.1) is 0 Å². The Morgan fingerprint density at radius 1 is 0.558 bits per heavy atom. The maximum atomic E-state index is 12.6. The topological polar surface area (TPSA) is 343 Å². The zero-order chi connectivity index (χ0) is 63.7. The van der Waals surface area contributed by atoms with Crippen molar-refractivity contribution in [3.05, 3.63) is 96.2 Å². The summed E-state index contributed by atoms with van der Waals surface area (Å²) in [6.07, 6.45) is 1.16. The van der Waals surface area contributed by atoms with Crippen molar-refractivity contribution in [1.82, 2.24) is 40.4 Å². The molecule has 5 amide bonds. The number of aliphatic hydroxyl groups excluding tert-OH is 4. The van der Waals surface area contributed by atoms with Gasteiger partial charge in [0.2, 0.25) is 0 Å². The van der Waals surface area contributed by atoms with Gasteiger partial charge in [-0.05, 0) is 143 Å². The van der Waals surface area contributed by atoms with E-state index in [1.54, 1.807) is 53.7 Å². The number of alkyl carbamates (subject to hydrolysis) is 3. The average Bonchev–Trinajstić information content (AvgIpc) is 2.21. The van der Waals surface area contributed by atoms with Gasteiger partial charge in [-0.2, -0.15) is 4.31 Å². The molecule has 4 fully saturated rings. The van der Waals surface area contributed by atoms with Gasteiger partial charge in [-0.1, -0.05) is 66.7 Å². The van der Waals surface area contributed by atoms with Crippen LogP contribution in [0.4, 0.5) is 24.0 Å². The number of carbonyl (C=O) groups excluding carboxylic acids is 5. The molecule has 26 heteroatoms. The maximum Gasteiger partial charge on any atom is 0.410 e. The summed E-state index contributed by atoms with van der Waals surface area (Å²) in [5, 5.41) is 51.4. The Morgan fingerprint density at radius 3 is 1.42 bits per heavy atom. The summed E-state index contributed by atoms with van der Waals surface area (Å²) in [7, 11) is -3.78. The molecule has 10 N–H and O–H groups in total. The summed E-state index contributed by atoms with van der Waals surface area (Å²) >= 11 is 0. The summed E-state index contributed by atoms with van der Waals surface area (Å²) < 4.78 is 52.6. The number of carbonyl (C=O) groups is 5. The smallest absolute Gasteiger partial charge is 0.410 e. The van der Waals surface area contributed by atoms with Crippen molar-refractivity contribution in [3.63, 3.8) is 0 Å². The van der Waals surface area contributed by atoms with E-state index in [9.17, 15) is 52.8 Å². The fourth-order valence-electron chi connectivity index (χ4n) is 9.13. The number of nitrogens with two attached hydrogens (primary N) is 1. The maximum absolute atomic E-state index is 12.6. The van der Waals surface area contributed by atoms with Gasteiger partial charge in [0.15, 0.2) is 5.03 Å². The molecule has 5 heterocycles. The molecular weight excluding hydrogens is 1130 g/mol. The SMILES string of the molecule is CC(C)(C)OC(=O)N[C@@H]1CCCN(C(=O)OCc2ccccc2)C[C@H]1O.CC(C)(C)OC(=O)N[C@@H]1CCCN(S(=O)(=O)c2ccccn2)C[C@H]1O.CC(C)(C)OC(=O)N[C@@H]1CCCNC[C@H]1O.N[C@@H]1CCCN(C(=O)OCc2ccccc2)C[C@H]1O. The Kier molecular flexibility index (Phi) is 29.2. The van der Waals surface area contributed by atoms with E-state index in [0.717, 1.165) is 43.4 Å². The monoisotopic (exact) mass is 1230 g/mol. The first-order chi connectivity index (χ1) is 40.4. The van der Waals surface area contributed by atoms with Crippen molar-refractivity contribution in [3.8, 4) is 0 Å². The first kappa shape index (κ1) is 72.1. The van der Waals surface area contributed by atoms with Gasteiger partial charge in [0.05, 0.1) is 55.6 Å². The van der Waals surface area contributed by atoms with Crippen molar-refractivity contribution in [1.29, 1.82) is 0 Å². The Bertz CT molecular complexity index is 2630. The van der Waals surface area contributed by atoms with E-state index in [1.807, 2.05) is 81.4 Å². The van der Waals surface area contributed by atoms with Crippen molar-refractivity contribution in [2.24, 2.45) is 5.73 Å². The zero-order valence-electron chi connectivity index (χ0n) is 51.4. The first-order valence-corrected chi connectivity index (χ1v) is 30.8. The van der Waals surface area contributed by atoms with Gasteiger partial charge in [-0.15, -0.1) is 0 Å². The lowest BCUT2D eigenvalue weighted by Gasteiger charge is -2.26. The van der Waals surface area contributed by atoms with Crippen molar-refractivity contribution in [2.45, 2.75) is 197 Å². The van der Waals surface area contributed by atoms with Crippen LogP contribution in [0.15, 0.2) is 90.1 Å². The molecule has 4 aliphatic rings. The number of sulfonamides is 1. The standard InChI is InChI=1S/C19H28N2O5.C16H25N3O5S.C14H20N2O3.C11H22N2O3/c1-19(2,3)26-17(23)20-15-10-7-11-21(12-16(15)22)18(24)25-13-14-8-5-4-6-9-14;1-16(2,3)24-15(21)18-12-7-6-10-19(11-13(12)20)25(22,23)14-8-4-5-9-17-14;15-12-7-4-8-16(9-13(12)17)14(18)19-10-11-5-2-1-3-6-11;1-11(2,3)16-10(15)13-8-5-4-6-12-7-9(8)14/h4-6,8-9,15-16,22H,7,10-13H2,1-3H3,(H,20,23);4-5,8-9,12-13,20H,6-7,10-11H2,1-3H3,(H,18,21);1-3,5-6,12-13,17H,4,7-10,15H2;8-9,12,14H,4-7H2,1-3H3,(H,13,15)/t15-,16-;2*12-,13-;8-,9-/m1111/s1. The number of likely N-dealkylation sites (tertiary alicyclic amines) is 2. The Balaban J connectivity index is 0.000000250. The van der Waals surface area contributed by atoms with Gasteiger partial charge in [0, 0.05) is 45.0 Å². The molecule has 4 aliphatic heterocycles. The molecule has 0 saturated carbocycles. The number of nitrogens with zero attached hydrogens (tertiary/aromatic N) is 4. The van der Waals surface area contributed by atoms with E-state index < -0.39 is 93.8 Å². The molecule has 4 saturated heterocycles. The number of rotatable bonds is 9. The van der Waals surface area contributed by atoms with Crippen LogP contribution >= 0.6 is 0 Å². The molecule has 25 nitrogen and oxygen atoms in total. The second kappa shape index (κ2) is 34.8. The van der Waals surface area contributed by atoms with Crippen LogP contribution < -0.4 is 27.0 Å². The molecule has 3 aromatic rings. The van der Waals surface area contributed by atoms with Crippen LogP contribution in [-0.2, 0) is 46.9 Å². The van der Waals surface area contributed by atoms with Crippen LogP contribution in [0.2, 0.25) is 0 Å². The highest BCUT2D eigenvalue weighted by Gasteiger charge is 2.36. The number of aliphatic hydroxyl groups is 4. The third kappa shape index (κ3) is 27.5. The highest BCUT2D eigenvalue weighted by molar-refractivity contribution is 7.89. The lowest BCUT2D eigenvalue weighted by Crippen LogP contribution is -2.48. The molecule has 482 valence electrons. The van der Waals surface area contributed by atoms with E-state index in [4.69, 9.17) is 29.4 Å². The molecule has 2 aromatic carbocycles. The van der Waals surface area contributed by atoms with E-state index in [-0.39, 0.29) is 56.5 Å². The minimum Gasteiger partial charge on any atom is -0.445 e. The number of amides is 5. The van der Waals surface area contributed by atoms with Crippen LogP contribution in [0.5, 0.6) is 0 Å². The Labute approximate surface area is 507 Å². The molecule has 0 aliphatic carbocycles. The molecule has 8 atom stereocenters. The number of ether oxygens (including phenoxy) is 5. The van der Waals surface area contributed by atoms with Gasteiger partial charge >= 0.3 is 30.5 Å². The lowest BCUT2D eigenvalue weighted by molar-refractivity contribution is 0.0379. The average molecular weight is 1230 g/mol. The van der Waals surface area contributed by atoms with Gasteiger partial charge in [-0.25, -0.2) is 37.4 Å². The van der Waals surface area contributed by atoms with E-state index >= 15 is 0 Å². The molecular formula is C60H95N9O16S. The number of hydrogen-bond acceptors (Lipinski definition) is 19. The molecule has 0 spiro atoms. The lowest BCUT2D eigenvalue weighted by atomic mass is 10.1.